The van der Waals surface area contributed by atoms with Crippen molar-refractivity contribution in [1.29, 1.82) is 0 Å². The Balaban J connectivity index is 1.59. The normalized spacial score (nSPS) is 25.8. The molecule has 126 valence electrons. The van der Waals surface area contributed by atoms with Gasteiger partial charge in [0.2, 0.25) is 0 Å². The van der Waals surface area contributed by atoms with Crippen LogP contribution in [0.25, 0.3) is 0 Å². The summed E-state index contributed by atoms with van der Waals surface area (Å²) in [6.45, 7) is 7.05. The van der Waals surface area contributed by atoms with Crippen LogP contribution in [0.1, 0.15) is 56.3 Å². The van der Waals surface area contributed by atoms with E-state index in [-0.39, 0.29) is 12.1 Å². The fourth-order valence-corrected chi connectivity index (χ4v) is 4.21. The van der Waals surface area contributed by atoms with Crippen LogP contribution in [-0.4, -0.2) is 30.5 Å². The van der Waals surface area contributed by atoms with Gasteiger partial charge < -0.3 is 9.64 Å². The van der Waals surface area contributed by atoms with Gasteiger partial charge in [0.25, 0.3) is 0 Å². The maximum atomic E-state index is 11.5. The average molecular weight is 315 g/mol. The summed E-state index contributed by atoms with van der Waals surface area (Å²) >= 11 is 0. The smallest absolute Gasteiger partial charge is 0.303 e. The second kappa shape index (κ2) is 7.48. The lowest BCUT2D eigenvalue weighted by Crippen LogP contribution is -2.31. The minimum Gasteiger partial charge on any atom is -0.458 e. The van der Waals surface area contributed by atoms with E-state index >= 15 is 0 Å². The number of hydrogen-bond donors (Lipinski definition) is 0. The lowest BCUT2D eigenvalue weighted by Gasteiger charge is -2.27. The number of esters is 1. The SMILES string of the molecule is CC(=O)O[C@H](CCN1CC[C@@H]2CC[C@@H](C2)C1)c1ccc(C)cc1. The van der Waals surface area contributed by atoms with Crippen molar-refractivity contribution in [1.82, 2.24) is 4.90 Å². The Morgan fingerprint density at radius 3 is 2.70 bits per heavy atom. The van der Waals surface area contributed by atoms with Crippen LogP contribution in [0.15, 0.2) is 24.3 Å². The predicted octanol–water partition coefficient (Wildman–Crippen LogP) is 4.11. The molecule has 23 heavy (non-hydrogen) atoms. The lowest BCUT2D eigenvalue weighted by molar-refractivity contribution is -0.147. The van der Waals surface area contributed by atoms with Gasteiger partial charge in [0.1, 0.15) is 6.10 Å². The van der Waals surface area contributed by atoms with E-state index in [4.69, 9.17) is 4.74 Å². The molecule has 2 bridgehead atoms. The van der Waals surface area contributed by atoms with Crippen molar-refractivity contribution in [3.63, 3.8) is 0 Å². The predicted molar refractivity (Wildman–Crippen MR) is 92.2 cm³/mol. The summed E-state index contributed by atoms with van der Waals surface area (Å²) in [5, 5.41) is 0. The molecule has 3 heteroatoms. The van der Waals surface area contributed by atoms with E-state index in [2.05, 4.69) is 36.1 Å². The zero-order chi connectivity index (χ0) is 16.2. The van der Waals surface area contributed by atoms with Gasteiger partial charge in [-0.3, -0.25) is 4.79 Å². The van der Waals surface area contributed by atoms with Gasteiger partial charge >= 0.3 is 5.97 Å². The van der Waals surface area contributed by atoms with Gasteiger partial charge in [-0.2, -0.15) is 0 Å². The second-order valence-corrected chi connectivity index (χ2v) is 7.43. The highest BCUT2D eigenvalue weighted by Crippen LogP contribution is 2.36. The number of hydrogen-bond acceptors (Lipinski definition) is 3. The number of likely N-dealkylation sites (tertiary alicyclic amines) is 1. The van der Waals surface area contributed by atoms with E-state index in [0.29, 0.717) is 0 Å². The van der Waals surface area contributed by atoms with Crippen LogP contribution in [0.3, 0.4) is 0 Å². The van der Waals surface area contributed by atoms with E-state index in [0.717, 1.165) is 30.4 Å². The Bertz CT molecular complexity index is 525. The molecule has 1 aliphatic heterocycles. The topological polar surface area (TPSA) is 29.5 Å². The summed E-state index contributed by atoms with van der Waals surface area (Å²) in [6, 6.07) is 8.37. The zero-order valence-electron chi connectivity index (χ0n) is 14.5. The molecule has 1 heterocycles. The third-order valence-electron chi connectivity index (χ3n) is 5.48. The van der Waals surface area contributed by atoms with Crippen molar-refractivity contribution in [3.8, 4) is 0 Å². The molecule has 3 rings (SSSR count). The standard InChI is InChI=1S/C20H29NO2/c1-15-3-7-19(8-4-15)20(23-16(2)22)10-12-21-11-9-17-5-6-18(13-17)14-21/h3-4,7-8,17-18,20H,5-6,9-14H2,1-2H3/t17-,18-,20+/m0/s1. The summed E-state index contributed by atoms with van der Waals surface area (Å²) in [4.78, 5) is 14.1. The van der Waals surface area contributed by atoms with E-state index in [1.54, 1.807) is 0 Å². The number of aryl methyl sites for hydroxylation is 1. The van der Waals surface area contributed by atoms with Crippen LogP contribution in [-0.2, 0) is 9.53 Å². The van der Waals surface area contributed by atoms with Crippen molar-refractivity contribution in [2.75, 3.05) is 19.6 Å². The molecule has 0 amide bonds. The largest absolute Gasteiger partial charge is 0.458 e. The van der Waals surface area contributed by atoms with Gasteiger partial charge in [0.05, 0.1) is 0 Å². The molecule has 3 nitrogen and oxygen atoms in total. The average Bonchev–Trinajstić information content (AvgIpc) is 2.85. The molecule has 1 saturated heterocycles. The molecule has 1 aromatic carbocycles. The van der Waals surface area contributed by atoms with E-state index in [1.165, 1.54) is 51.3 Å². The van der Waals surface area contributed by atoms with Crippen LogP contribution in [0.5, 0.6) is 0 Å². The Kier molecular flexibility index (Phi) is 5.37. The van der Waals surface area contributed by atoms with Crippen LogP contribution in [0, 0.1) is 18.8 Å². The van der Waals surface area contributed by atoms with Gasteiger partial charge in [-0.15, -0.1) is 0 Å². The summed E-state index contributed by atoms with van der Waals surface area (Å²) in [5.74, 6) is 1.67. The number of carbonyl (C=O) groups excluding carboxylic acids is 1. The van der Waals surface area contributed by atoms with Crippen molar-refractivity contribution < 1.29 is 9.53 Å². The highest BCUT2D eigenvalue weighted by molar-refractivity contribution is 5.66. The Labute approximate surface area is 140 Å². The maximum Gasteiger partial charge on any atom is 0.303 e. The van der Waals surface area contributed by atoms with Gasteiger partial charge in [-0.25, -0.2) is 0 Å². The third-order valence-corrected chi connectivity index (χ3v) is 5.48. The molecular formula is C20H29NO2. The second-order valence-electron chi connectivity index (χ2n) is 7.43. The third kappa shape index (κ3) is 4.57. The van der Waals surface area contributed by atoms with Gasteiger partial charge in [-0.1, -0.05) is 36.2 Å². The molecule has 1 saturated carbocycles. The molecule has 0 N–H and O–H groups in total. The number of nitrogens with zero attached hydrogens (tertiary/aromatic N) is 1. The number of fused-ring (bicyclic) bond motifs is 2. The quantitative estimate of drug-likeness (QED) is 0.766. The van der Waals surface area contributed by atoms with E-state index in [9.17, 15) is 4.79 Å². The Hall–Kier alpha value is -1.35. The molecule has 0 radical (unpaired) electrons. The first kappa shape index (κ1) is 16.5. The summed E-state index contributed by atoms with van der Waals surface area (Å²) < 4.78 is 5.59. The number of benzene rings is 1. The molecule has 0 aromatic heterocycles. The molecule has 2 aliphatic rings. The van der Waals surface area contributed by atoms with Crippen LogP contribution in [0.4, 0.5) is 0 Å². The van der Waals surface area contributed by atoms with E-state index < -0.39 is 0 Å². The highest BCUT2D eigenvalue weighted by Gasteiger charge is 2.30. The molecule has 2 fully saturated rings. The molecular weight excluding hydrogens is 286 g/mol. The van der Waals surface area contributed by atoms with Crippen molar-refractivity contribution in [3.05, 3.63) is 35.4 Å². The Morgan fingerprint density at radius 1 is 1.22 bits per heavy atom. The van der Waals surface area contributed by atoms with Gasteiger partial charge in [0, 0.05) is 26.4 Å². The number of ether oxygens (including phenoxy) is 1. The fraction of sp³-hybridized carbons (Fsp3) is 0.650. The van der Waals surface area contributed by atoms with Crippen LogP contribution >= 0.6 is 0 Å². The number of carbonyl (C=O) groups is 1. The highest BCUT2D eigenvalue weighted by atomic mass is 16.5. The zero-order valence-corrected chi connectivity index (χ0v) is 14.5. The minimum atomic E-state index is -0.189. The monoisotopic (exact) mass is 315 g/mol. The van der Waals surface area contributed by atoms with Gasteiger partial charge in [-0.05, 0) is 50.1 Å². The molecule has 0 spiro atoms. The summed E-state index contributed by atoms with van der Waals surface area (Å²) in [7, 11) is 0. The van der Waals surface area contributed by atoms with Crippen LogP contribution in [0.2, 0.25) is 0 Å². The Morgan fingerprint density at radius 2 is 1.96 bits per heavy atom. The first-order valence-corrected chi connectivity index (χ1v) is 9.06. The molecule has 1 aromatic rings. The fourth-order valence-electron chi connectivity index (χ4n) is 4.21. The van der Waals surface area contributed by atoms with Crippen molar-refractivity contribution in [2.24, 2.45) is 11.8 Å². The minimum absolute atomic E-state index is 0.117. The summed E-state index contributed by atoms with van der Waals surface area (Å²) in [6.07, 6.45) is 6.40. The van der Waals surface area contributed by atoms with Crippen molar-refractivity contribution >= 4 is 5.97 Å². The van der Waals surface area contributed by atoms with E-state index in [1.807, 2.05) is 0 Å². The molecule has 1 aliphatic carbocycles. The first-order chi connectivity index (χ1) is 11.1. The summed E-state index contributed by atoms with van der Waals surface area (Å²) in [5.41, 5.74) is 2.35. The lowest BCUT2D eigenvalue weighted by atomic mass is 10.0. The molecule has 0 unspecified atom stereocenters. The maximum absolute atomic E-state index is 11.5. The van der Waals surface area contributed by atoms with Crippen molar-refractivity contribution in [2.45, 2.75) is 52.1 Å². The number of rotatable bonds is 5. The van der Waals surface area contributed by atoms with Gasteiger partial charge in [0.15, 0.2) is 0 Å². The molecule has 3 atom stereocenters. The van der Waals surface area contributed by atoms with Crippen LogP contribution < -0.4 is 0 Å². The first-order valence-electron chi connectivity index (χ1n) is 9.06.